The Balaban J connectivity index is 2.63. The Morgan fingerprint density at radius 3 is 2.22 bits per heavy atom. The van der Waals surface area contributed by atoms with E-state index in [-0.39, 0.29) is 12.2 Å². The van der Waals surface area contributed by atoms with Gasteiger partial charge in [0.15, 0.2) is 0 Å². The van der Waals surface area contributed by atoms with E-state index in [1.165, 1.54) is 0 Å². The highest BCUT2D eigenvalue weighted by Gasteiger charge is 2.27. The Labute approximate surface area is 164 Å². The summed E-state index contributed by atoms with van der Waals surface area (Å²) in [5.41, 5.74) is 12.0. The van der Waals surface area contributed by atoms with Gasteiger partial charge in [-0.2, -0.15) is 12.6 Å². The van der Waals surface area contributed by atoms with Gasteiger partial charge in [-0.25, -0.2) is 4.79 Å². The number of unbranched alkanes of at least 4 members (excludes halogenated alkanes) is 1. The zero-order chi connectivity index (χ0) is 20.2. The monoisotopic (exact) mass is 396 g/mol. The molecule has 3 unspecified atom stereocenters. The van der Waals surface area contributed by atoms with Crippen molar-refractivity contribution in [3.63, 3.8) is 0 Å². The maximum atomic E-state index is 12.4. The van der Waals surface area contributed by atoms with E-state index in [0.717, 1.165) is 12.0 Å². The first-order chi connectivity index (χ1) is 12.9. The average Bonchev–Trinajstić information content (AvgIpc) is 2.66. The zero-order valence-corrected chi connectivity index (χ0v) is 16.0. The van der Waals surface area contributed by atoms with E-state index in [4.69, 9.17) is 11.5 Å². The van der Waals surface area contributed by atoms with E-state index in [9.17, 15) is 19.5 Å². The second-order valence-electron chi connectivity index (χ2n) is 6.22. The lowest BCUT2D eigenvalue weighted by Gasteiger charge is -2.22. The molecule has 0 saturated heterocycles. The highest BCUT2D eigenvalue weighted by atomic mass is 32.1. The number of benzene rings is 1. The van der Waals surface area contributed by atoms with Gasteiger partial charge in [0.1, 0.15) is 12.1 Å². The second-order valence-corrected chi connectivity index (χ2v) is 6.59. The molecule has 0 saturated carbocycles. The third kappa shape index (κ3) is 8.42. The molecular formula is C18H28N4O4S. The van der Waals surface area contributed by atoms with Crippen LogP contribution in [-0.2, 0) is 20.8 Å². The molecule has 0 radical (unpaired) electrons. The van der Waals surface area contributed by atoms with Crippen molar-refractivity contribution >= 4 is 30.4 Å². The van der Waals surface area contributed by atoms with Gasteiger partial charge in [-0.3, -0.25) is 9.59 Å². The van der Waals surface area contributed by atoms with Crippen LogP contribution in [0.3, 0.4) is 0 Å². The van der Waals surface area contributed by atoms with Crippen molar-refractivity contribution in [1.29, 1.82) is 0 Å². The molecule has 150 valence electrons. The van der Waals surface area contributed by atoms with Crippen LogP contribution >= 0.6 is 12.6 Å². The Hall–Kier alpha value is -2.10. The van der Waals surface area contributed by atoms with Crippen LogP contribution in [0.15, 0.2) is 30.3 Å². The number of nitrogens with one attached hydrogen (secondary N) is 2. The number of carbonyl (C=O) groups is 3. The minimum atomic E-state index is -1.16. The summed E-state index contributed by atoms with van der Waals surface area (Å²) in [5, 5.41) is 14.4. The molecule has 27 heavy (non-hydrogen) atoms. The normalized spacial score (nSPS) is 14.0. The fourth-order valence-electron chi connectivity index (χ4n) is 2.43. The van der Waals surface area contributed by atoms with Crippen LogP contribution in [-0.4, -0.2) is 53.3 Å². The number of carbonyl (C=O) groups excluding carboxylic acids is 2. The molecule has 3 atom stereocenters. The fraction of sp³-hybridized carbons (Fsp3) is 0.500. The number of hydrogen-bond donors (Lipinski definition) is 6. The van der Waals surface area contributed by atoms with Crippen molar-refractivity contribution in [3.8, 4) is 0 Å². The first-order valence-corrected chi connectivity index (χ1v) is 9.46. The smallest absolute Gasteiger partial charge is 0.326 e. The van der Waals surface area contributed by atoms with Crippen LogP contribution in [0.4, 0.5) is 0 Å². The van der Waals surface area contributed by atoms with Crippen molar-refractivity contribution < 1.29 is 19.5 Å². The summed E-state index contributed by atoms with van der Waals surface area (Å²) in [6.07, 6.45) is 2.06. The van der Waals surface area contributed by atoms with Gasteiger partial charge >= 0.3 is 5.97 Å². The molecule has 1 aromatic carbocycles. The molecule has 0 aliphatic heterocycles. The summed E-state index contributed by atoms with van der Waals surface area (Å²) >= 11 is 4.08. The number of carboxylic acids is 1. The van der Waals surface area contributed by atoms with Gasteiger partial charge in [-0.1, -0.05) is 36.8 Å². The van der Waals surface area contributed by atoms with Crippen molar-refractivity contribution in [2.75, 3.05) is 12.3 Å². The topological polar surface area (TPSA) is 148 Å². The third-order valence-corrected chi connectivity index (χ3v) is 4.38. The minimum Gasteiger partial charge on any atom is -0.480 e. The summed E-state index contributed by atoms with van der Waals surface area (Å²) in [4.78, 5) is 36.0. The summed E-state index contributed by atoms with van der Waals surface area (Å²) in [7, 11) is 0. The van der Waals surface area contributed by atoms with Gasteiger partial charge in [-0.05, 0) is 24.9 Å². The molecule has 9 heteroatoms. The van der Waals surface area contributed by atoms with Crippen LogP contribution in [0.5, 0.6) is 0 Å². The fourth-order valence-corrected chi connectivity index (χ4v) is 2.69. The molecular weight excluding hydrogens is 368 g/mol. The van der Waals surface area contributed by atoms with Crippen molar-refractivity contribution in [2.24, 2.45) is 11.5 Å². The molecule has 7 N–H and O–H groups in total. The predicted octanol–water partition coefficient (Wildman–Crippen LogP) is -0.331. The number of thiol groups is 1. The molecule has 2 amide bonds. The van der Waals surface area contributed by atoms with Gasteiger partial charge in [-0.15, -0.1) is 0 Å². The first kappa shape index (κ1) is 22.9. The largest absolute Gasteiger partial charge is 0.480 e. The van der Waals surface area contributed by atoms with Gasteiger partial charge < -0.3 is 27.2 Å². The van der Waals surface area contributed by atoms with E-state index in [2.05, 4.69) is 23.3 Å². The van der Waals surface area contributed by atoms with E-state index >= 15 is 0 Å². The molecule has 0 heterocycles. The number of amides is 2. The van der Waals surface area contributed by atoms with Crippen LogP contribution in [0.1, 0.15) is 24.8 Å². The molecule has 0 aliphatic carbocycles. The van der Waals surface area contributed by atoms with Gasteiger partial charge in [0.25, 0.3) is 0 Å². The van der Waals surface area contributed by atoms with E-state index in [0.29, 0.717) is 19.4 Å². The summed E-state index contributed by atoms with van der Waals surface area (Å²) in [6.45, 7) is 0.522. The van der Waals surface area contributed by atoms with Gasteiger partial charge in [0.2, 0.25) is 11.8 Å². The zero-order valence-electron chi connectivity index (χ0n) is 15.1. The summed E-state index contributed by atoms with van der Waals surface area (Å²) in [5.74, 6) is -2.23. The SMILES string of the molecule is NCCCCC(N)C(=O)NC(CS)C(=O)NC(Cc1ccccc1)C(=O)O. The third-order valence-electron chi connectivity index (χ3n) is 4.02. The van der Waals surface area contributed by atoms with Crippen molar-refractivity contribution in [1.82, 2.24) is 10.6 Å². The maximum absolute atomic E-state index is 12.4. The lowest BCUT2D eigenvalue weighted by molar-refractivity contribution is -0.142. The molecule has 0 aliphatic rings. The Kier molecular flexibility index (Phi) is 10.5. The molecule has 8 nitrogen and oxygen atoms in total. The van der Waals surface area contributed by atoms with E-state index in [1.807, 2.05) is 6.07 Å². The number of hydrogen-bond acceptors (Lipinski definition) is 6. The van der Waals surface area contributed by atoms with Gasteiger partial charge in [0, 0.05) is 12.2 Å². The Morgan fingerprint density at radius 2 is 1.67 bits per heavy atom. The average molecular weight is 397 g/mol. The van der Waals surface area contributed by atoms with Crippen LogP contribution in [0.25, 0.3) is 0 Å². The highest BCUT2D eigenvalue weighted by Crippen LogP contribution is 2.05. The van der Waals surface area contributed by atoms with Crippen LogP contribution in [0, 0.1) is 0 Å². The molecule has 0 spiro atoms. The number of aliphatic carboxylic acids is 1. The number of nitrogens with two attached hydrogens (primary N) is 2. The van der Waals surface area contributed by atoms with Crippen molar-refractivity contribution in [2.45, 2.75) is 43.8 Å². The first-order valence-electron chi connectivity index (χ1n) is 8.83. The summed E-state index contributed by atoms with van der Waals surface area (Å²) in [6, 6.07) is 6.11. The van der Waals surface area contributed by atoms with E-state index in [1.54, 1.807) is 24.3 Å². The van der Waals surface area contributed by atoms with E-state index < -0.39 is 35.9 Å². The lowest BCUT2D eigenvalue weighted by atomic mass is 10.1. The van der Waals surface area contributed by atoms with Crippen molar-refractivity contribution in [3.05, 3.63) is 35.9 Å². The molecule has 0 fully saturated rings. The number of carboxylic acid groups (broad SMARTS) is 1. The Bertz CT molecular complexity index is 615. The summed E-state index contributed by atoms with van der Waals surface area (Å²) < 4.78 is 0. The Morgan fingerprint density at radius 1 is 1.04 bits per heavy atom. The lowest BCUT2D eigenvalue weighted by Crippen LogP contribution is -2.55. The molecule has 1 aromatic rings. The van der Waals surface area contributed by atoms with Gasteiger partial charge in [0.05, 0.1) is 6.04 Å². The highest BCUT2D eigenvalue weighted by molar-refractivity contribution is 7.80. The van der Waals surface area contributed by atoms with Crippen LogP contribution in [0.2, 0.25) is 0 Å². The molecule has 0 bridgehead atoms. The predicted molar refractivity (Wildman–Crippen MR) is 106 cm³/mol. The molecule has 0 aromatic heterocycles. The quantitative estimate of drug-likeness (QED) is 0.211. The number of rotatable bonds is 12. The molecule has 1 rings (SSSR count). The minimum absolute atomic E-state index is 0.0186. The standard InChI is InChI=1S/C18H28N4O4S/c19-9-5-4-8-13(20)16(23)22-15(11-27)17(24)21-14(18(25)26)10-12-6-2-1-3-7-12/h1-3,6-7,13-15,27H,4-5,8-11,19-20H2,(H,21,24)(H,22,23)(H,25,26). The maximum Gasteiger partial charge on any atom is 0.326 e. The van der Waals surface area contributed by atoms with Crippen LogP contribution < -0.4 is 22.1 Å². The second kappa shape index (κ2) is 12.3.